The monoisotopic (exact) mass is 217 g/mol. The van der Waals surface area contributed by atoms with Crippen LogP contribution in [-0.4, -0.2) is 11.2 Å². The van der Waals surface area contributed by atoms with Crippen LogP contribution in [0.2, 0.25) is 0 Å². The SMILES string of the molecule is CSc1ccc(Br)nc1C. The Morgan fingerprint density at radius 1 is 1.50 bits per heavy atom. The van der Waals surface area contributed by atoms with Crippen LogP contribution in [0.25, 0.3) is 0 Å². The fourth-order valence-corrected chi connectivity index (χ4v) is 1.68. The second kappa shape index (κ2) is 3.39. The molecule has 0 unspecified atom stereocenters. The average molecular weight is 218 g/mol. The molecule has 3 heteroatoms. The number of hydrogen-bond acceptors (Lipinski definition) is 2. The summed E-state index contributed by atoms with van der Waals surface area (Å²) < 4.78 is 0.905. The topological polar surface area (TPSA) is 12.9 Å². The third-order valence-electron chi connectivity index (χ3n) is 1.22. The Hall–Kier alpha value is -0.0200. The third kappa shape index (κ3) is 1.73. The number of rotatable bonds is 1. The predicted molar refractivity (Wildman–Crippen MR) is 48.5 cm³/mol. The Labute approximate surface area is 73.4 Å². The highest BCUT2D eigenvalue weighted by atomic mass is 79.9. The predicted octanol–water partition coefficient (Wildman–Crippen LogP) is 2.87. The number of nitrogens with zero attached hydrogens (tertiary/aromatic N) is 1. The lowest BCUT2D eigenvalue weighted by Gasteiger charge is -1.99. The van der Waals surface area contributed by atoms with Crippen LogP contribution in [0.5, 0.6) is 0 Å². The highest BCUT2D eigenvalue weighted by Crippen LogP contribution is 2.19. The number of halogens is 1. The van der Waals surface area contributed by atoms with Gasteiger partial charge < -0.3 is 0 Å². The van der Waals surface area contributed by atoms with Crippen LogP contribution < -0.4 is 0 Å². The molecule has 0 saturated carbocycles. The van der Waals surface area contributed by atoms with E-state index in [2.05, 4.69) is 33.2 Å². The maximum absolute atomic E-state index is 4.24. The second-order valence-corrected chi connectivity index (χ2v) is 3.58. The number of pyridine rings is 1. The summed E-state index contributed by atoms with van der Waals surface area (Å²) in [4.78, 5) is 5.48. The Balaban J connectivity index is 3.07. The standard InChI is InChI=1S/C7H8BrNS/c1-5-6(10-2)3-4-7(8)9-5/h3-4H,1-2H3. The van der Waals surface area contributed by atoms with Crippen molar-refractivity contribution in [2.45, 2.75) is 11.8 Å². The average Bonchev–Trinajstić information content (AvgIpc) is 1.88. The molecule has 0 fully saturated rings. The van der Waals surface area contributed by atoms with E-state index in [1.54, 1.807) is 11.8 Å². The molecule has 0 aliphatic rings. The lowest BCUT2D eigenvalue weighted by atomic mass is 10.4. The third-order valence-corrected chi connectivity index (χ3v) is 2.54. The van der Waals surface area contributed by atoms with Crippen LogP contribution >= 0.6 is 27.7 Å². The van der Waals surface area contributed by atoms with Gasteiger partial charge in [0, 0.05) is 4.90 Å². The van der Waals surface area contributed by atoms with Crippen molar-refractivity contribution < 1.29 is 0 Å². The molecule has 0 bridgehead atoms. The summed E-state index contributed by atoms with van der Waals surface area (Å²) in [5, 5.41) is 0. The highest BCUT2D eigenvalue weighted by molar-refractivity contribution is 9.10. The van der Waals surface area contributed by atoms with Gasteiger partial charge in [0.25, 0.3) is 0 Å². The van der Waals surface area contributed by atoms with Crippen LogP contribution in [0.4, 0.5) is 0 Å². The first kappa shape index (κ1) is 8.08. The van der Waals surface area contributed by atoms with Gasteiger partial charge in [0.1, 0.15) is 4.60 Å². The van der Waals surface area contributed by atoms with Crippen LogP contribution in [0, 0.1) is 6.92 Å². The molecule has 0 atom stereocenters. The summed E-state index contributed by atoms with van der Waals surface area (Å²) in [5.41, 5.74) is 1.09. The first-order chi connectivity index (χ1) is 4.74. The highest BCUT2D eigenvalue weighted by Gasteiger charge is 1.96. The number of aromatic nitrogens is 1. The zero-order valence-electron chi connectivity index (χ0n) is 5.89. The molecular formula is C7H8BrNS. The molecule has 0 spiro atoms. The van der Waals surface area contributed by atoms with E-state index in [0.29, 0.717) is 0 Å². The molecule has 1 aromatic rings. The summed E-state index contributed by atoms with van der Waals surface area (Å²) in [5.74, 6) is 0. The molecule has 0 aliphatic heterocycles. The van der Waals surface area contributed by atoms with E-state index in [9.17, 15) is 0 Å². The van der Waals surface area contributed by atoms with Crippen molar-refractivity contribution in [2.24, 2.45) is 0 Å². The molecule has 0 N–H and O–H groups in total. The summed E-state index contributed by atoms with van der Waals surface area (Å²) in [6.45, 7) is 2.01. The molecule has 0 radical (unpaired) electrons. The molecule has 0 aromatic carbocycles. The van der Waals surface area contributed by atoms with Crippen LogP contribution in [0.1, 0.15) is 5.69 Å². The van der Waals surface area contributed by atoms with Gasteiger partial charge in [-0.15, -0.1) is 11.8 Å². The van der Waals surface area contributed by atoms with E-state index < -0.39 is 0 Å². The van der Waals surface area contributed by atoms with Crippen molar-refractivity contribution in [1.82, 2.24) is 4.98 Å². The quantitative estimate of drug-likeness (QED) is 0.531. The zero-order valence-corrected chi connectivity index (χ0v) is 8.29. The van der Waals surface area contributed by atoms with Gasteiger partial charge in [-0.05, 0) is 41.2 Å². The van der Waals surface area contributed by atoms with E-state index in [-0.39, 0.29) is 0 Å². The van der Waals surface area contributed by atoms with E-state index >= 15 is 0 Å². The van der Waals surface area contributed by atoms with Gasteiger partial charge in [-0.25, -0.2) is 4.98 Å². The summed E-state index contributed by atoms with van der Waals surface area (Å²) in [6.07, 6.45) is 2.05. The van der Waals surface area contributed by atoms with Crippen molar-refractivity contribution in [3.8, 4) is 0 Å². The Bertz CT molecular complexity index is 237. The first-order valence-electron chi connectivity index (χ1n) is 2.91. The summed E-state index contributed by atoms with van der Waals surface area (Å²) in [7, 11) is 0. The second-order valence-electron chi connectivity index (χ2n) is 1.92. The molecule has 0 amide bonds. The van der Waals surface area contributed by atoms with E-state index in [1.807, 2.05) is 13.0 Å². The van der Waals surface area contributed by atoms with Gasteiger partial charge in [-0.1, -0.05) is 0 Å². The van der Waals surface area contributed by atoms with Crippen molar-refractivity contribution in [3.63, 3.8) is 0 Å². The van der Waals surface area contributed by atoms with Gasteiger partial charge in [-0.3, -0.25) is 0 Å². The van der Waals surface area contributed by atoms with Gasteiger partial charge >= 0.3 is 0 Å². The molecule has 1 nitrogen and oxygen atoms in total. The van der Waals surface area contributed by atoms with Gasteiger partial charge in [0.05, 0.1) is 5.69 Å². The van der Waals surface area contributed by atoms with E-state index in [0.717, 1.165) is 10.3 Å². The fourth-order valence-electron chi connectivity index (χ4n) is 0.733. The van der Waals surface area contributed by atoms with Crippen LogP contribution in [0.3, 0.4) is 0 Å². The first-order valence-corrected chi connectivity index (χ1v) is 4.93. The Morgan fingerprint density at radius 2 is 2.20 bits per heavy atom. The van der Waals surface area contributed by atoms with Crippen molar-refractivity contribution in [1.29, 1.82) is 0 Å². The van der Waals surface area contributed by atoms with Crippen molar-refractivity contribution in [3.05, 3.63) is 22.4 Å². The van der Waals surface area contributed by atoms with Crippen LogP contribution in [-0.2, 0) is 0 Å². The minimum Gasteiger partial charge on any atom is -0.245 e. The Kier molecular flexibility index (Phi) is 2.74. The van der Waals surface area contributed by atoms with Gasteiger partial charge in [-0.2, -0.15) is 0 Å². The normalized spacial score (nSPS) is 9.90. The van der Waals surface area contributed by atoms with Gasteiger partial charge in [0.15, 0.2) is 0 Å². The largest absolute Gasteiger partial charge is 0.245 e. The summed E-state index contributed by atoms with van der Waals surface area (Å²) in [6, 6.07) is 4.02. The lowest BCUT2D eigenvalue weighted by Crippen LogP contribution is -1.84. The zero-order chi connectivity index (χ0) is 7.56. The fraction of sp³-hybridized carbons (Fsp3) is 0.286. The summed E-state index contributed by atoms with van der Waals surface area (Å²) >= 11 is 5.03. The molecule has 54 valence electrons. The minimum absolute atomic E-state index is 0.905. The maximum atomic E-state index is 4.24. The lowest BCUT2D eigenvalue weighted by molar-refractivity contribution is 1.09. The number of hydrogen-bond donors (Lipinski definition) is 0. The number of thioether (sulfide) groups is 1. The maximum Gasteiger partial charge on any atom is 0.106 e. The Morgan fingerprint density at radius 3 is 2.70 bits per heavy atom. The molecule has 0 aliphatic carbocycles. The molecule has 0 saturated heterocycles. The van der Waals surface area contributed by atoms with Crippen molar-refractivity contribution in [2.75, 3.05) is 6.26 Å². The van der Waals surface area contributed by atoms with E-state index in [1.165, 1.54) is 4.90 Å². The molecule has 1 heterocycles. The van der Waals surface area contributed by atoms with Gasteiger partial charge in [0.2, 0.25) is 0 Å². The molecular weight excluding hydrogens is 210 g/mol. The number of aryl methyl sites for hydroxylation is 1. The molecule has 1 rings (SSSR count). The van der Waals surface area contributed by atoms with E-state index in [4.69, 9.17) is 0 Å². The molecule has 1 aromatic heterocycles. The van der Waals surface area contributed by atoms with Crippen LogP contribution in [0.15, 0.2) is 21.6 Å². The molecule has 10 heavy (non-hydrogen) atoms. The smallest absolute Gasteiger partial charge is 0.106 e. The van der Waals surface area contributed by atoms with Crippen molar-refractivity contribution >= 4 is 27.7 Å². The minimum atomic E-state index is 0.905.